The third-order valence-corrected chi connectivity index (χ3v) is 6.01. The van der Waals surface area contributed by atoms with Gasteiger partial charge in [-0.15, -0.1) is 0 Å². The highest BCUT2D eigenvalue weighted by Gasteiger charge is 2.26. The molecule has 3 heterocycles. The summed E-state index contributed by atoms with van der Waals surface area (Å²) in [6.07, 6.45) is 3.68. The van der Waals surface area contributed by atoms with Crippen molar-refractivity contribution in [1.29, 1.82) is 0 Å². The van der Waals surface area contributed by atoms with Crippen molar-refractivity contribution in [2.45, 2.75) is 26.6 Å². The van der Waals surface area contributed by atoms with Crippen molar-refractivity contribution in [2.75, 3.05) is 12.3 Å². The lowest BCUT2D eigenvalue weighted by Gasteiger charge is -2.26. The molecule has 9 heteroatoms. The van der Waals surface area contributed by atoms with Crippen molar-refractivity contribution >= 4 is 15.9 Å². The first-order valence-corrected chi connectivity index (χ1v) is 9.44. The number of sulfonamides is 1. The molecule has 24 heavy (non-hydrogen) atoms. The van der Waals surface area contributed by atoms with Gasteiger partial charge < -0.3 is 14.5 Å². The molecule has 0 fully saturated rings. The molecule has 8 nitrogen and oxygen atoms in total. The summed E-state index contributed by atoms with van der Waals surface area (Å²) in [4.78, 5) is 16.6. The summed E-state index contributed by atoms with van der Waals surface area (Å²) in [7, 11) is -1.39. The van der Waals surface area contributed by atoms with E-state index in [4.69, 9.17) is 0 Å². The first kappa shape index (κ1) is 16.7. The largest absolute Gasteiger partial charge is 0.347 e. The van der Waals surface area contributed by atoms with Gasteiger partial charge >= 0.3 is 0 Å². The average molecular weight is 351 g/mol. The summed E-state index contributed by atoms with van der Waals surface area (Å²) < 4.78 is 29.1. The van der Waals surface area contributed by atoms with Gasteiger partial charge in [0, 0.05) is 32.5 Å². The van der Waals surface area contributed by atoms with Crippen molar-refractivity contribution in [1.82, 2.24) is 23.7 Å². The number of amides is 1. The fraction of sp³-hybridized carbons (Fsp3) is 0.467. The van der Waals surface area contributed by atoms with Gasteiger partial charge in [0.1, 0.15) is 11.5 Å². The van der Waals surface area contributed by atoms with Gasteiger partial charge in [-0.25, -0.2) is 13.4 Å². The Balaban J connectivity index is 1.66. The normalized spacial score (nSPS) is 15.2. The van der Waals surface area contributed by atoms with Crippen LogP contribution in [0.25, 0.3) is 0 Å². The fourth-order valence-corrected chi connectivity index (χ4v) is 3.79. The molecular formula is C15H21N5O3S. The molecule has 2 aromatic heterocycles. The zero-order valence-corrected chi connectivity index (χ0v) is 14.6. The van der Waals surface area contributed by atoms with Crippen molar-refractivity contribution in [3.05, 3.63) is 41.7 Å². The topological polar surface area (TPSA) is 89.2 Å². The lowest BCUT2D eigenvalue weighted by molar-refractivity contribution is 0.0942. The first-order valence-electron chi connectivity index (χ1n) is 7.83. The van der Waals surface area contributed by atoms with Gasteiger partial charge in [-0.2, -0.15) is 4.31 Å². The Morgan fingerprint density at radius 2 is 2.17 bits per heavy atom. The van der Waals surface area contributed by atoms with Crippen LogP contribution in [0.5, 0.6) is 0 Å². The highest BCUT2D eigenvalue weighted by Crippen LogP contribution is 2.16. The van der Waals surface area contributed by atoms with Crippen LogP contribution in [0.15, 0.2) is 24.5 Å². The molecule has 0 saturated carbocycles. The fourth-order valence-electron chi connectivity index (χ4n) is 2.75. The van der Waals surface area contributed by atoms with E-state index in [0.717, 1.165) is 5.69 Å². The van der Waals surface area contributed by atoms with Crippen molar-refractivity contribution in [3.8, 4) is 0 Å². The van der Waals surface area contributed by atoms with Gasteiger partial charge in [-0.05, 0) is 19.1 Å². The Hall–Kier alpha value is -2.13. The third kappa shape index (κ3) is 3.22. The van der Waals surface area contributed by atoms with Gasteiger partial charge in [0.15, 0.2) is 0 Å². The van der Waals surface area contributed by atoms with Gasteiger partial charge in [0.05, 0.1) is 24.5 Å². The number of hydrogen-bond acceptors (Lipinski definition) is 4. The summed E-state index contributed by atoms with van der Waals surface area (Å²) in [6, 6.07) is 3.56. The SMILES string of the molecule is CCS(=O)(=O)N1CCn2cc(CNC(=O)c3cccn3C)nc2C1. The van der Waals surface area contributed by atoms with E-state index in [9.17, 15) is 13.2 Å². The van der Waals surface area contributed by atoms with Gasteiger partial charge in [-0.1, -0.05) is 0 Å². The lowest BCUT2D eigenvalue weighted by Crippen LogP contribution is -2.39. The Morgan fingerprint density at radius 3 is 2.83 bits per heavy atom. The van der Waals surface area contributed by atoms with E-state index in [1.54, 1.807) is 17.6 Å². The van der Waals surface area contributed by atoms with Crippen molar-refractivity contribution in [2.24, 2.45) is 7.05 Å². The minimum Gasteiger partial charge on any atom is -0.347 e. The predicted molar refractivity (Wildman–Crippen MR) is 88.7 cm³/mol. The second-order valence-electron chi connectivity index (χ2n) is 5.76. The molecular weight excluding hydrogens is 330 g/mol. The summed E-state index contributed by atoms with van der Waals surface area (Å²) >= 11 is 0. The molecule has 130 valence electrons. The van der Waals surface area contributed by atoms with Crippen LogP contribution in [0.2, 0.25) is 0 Å². The zero-order chi connectivity index (χ0) is 17.3. The summed E-state index contributed by atoms with van der Waals surface area (Å²) in [6.45, 7) is 3.26. The molecule has 0 radical (unpaired) electrons. The molecule has 0 spiro atoms. The smallest absolute Gasteiger partial charge is 0.268 e. The van der Waals surface area contributed by atoms with Crippen LogP contribution < -0.4 is 5.32 Å². The number of carbonyl (C=O) groups is 1. The number of nitrogens with zero attached hydrogens (tertiary/aromatic N) is 4. The highest BCUT2D eigenvalue weighted by atomic mass is 32.2. The molecule has 1 aliphatic heterocycles. The monoisotopic (exact) mass is 351 g/mol. The maximum Gasteiger partial charge on any atom is 0.268 e. The molecule has 0 aliphatic carbocycles. The molecule has 2 aromatic rings. The molecule has 1 aliphatic rings. The van der Waals surface area contributed by atoms with Crippen molar-refractivity contribution in [3.63, 3.8) is 0 Å². The van der Waals surface area contributed by atoms with Gasteiger partial charge in [-0.3, -0.25) is 4.79 Å². The maximum atomic E-state index is 12.1. The molecule has 0 bridgehead atoms. The standard InChI is InChI=1S/C15H21N5O3S/c1-3-24(22,23)20-8-7-19-10-12(17-14(19)11-20)9-16-15(21)13-5-4-6-18(13)2/h4-6,10H,3,7-9,11H2,1-2H3,(H,16,21). The van der Waals surface area contributed by atoms with Crippen LogP contribution in [0.1, 0.15) is 28.9 Å². The average Bonchev–Trinajstić information content (AvgIpc) is 3.17. The number of carbonyl (C=O) groups excluding carboxylic acids is 1. The Bertz CT molecular complexity index is 852. The number of aryl methyl sites for hydroxylation is 1. The molecule has 1 N–H and O–H groups in total. The summed E-state index contributed by atoms with van der Waals surface area (Å²) in [5.41, 5.74) is 1.31. The van der Waals surface area contributed by atoms with E-state index < -0.39 is 10.0 Å². The maximum absolute atomic E-state index is 12.1. The highest BCUT2D eigenvalue weighted by molar-refractivity contribution is 7.89. The molecule has 0 unspecified atom stereocenters. The Morgan fingerprint density at radius 1 is 1.38 bits per heavy atom. The van der Waals surface area contributed by atoms with Crippen LogP contribution in [0.4, 0.5) is 0 Å². The number of imidazole rings is 1. The van der Waals surface area contributed by atoms with Crippen LogP contribution in [-0.4, -0.2) is 45.0 Å². The molecule has 3 rings (SSSR count). The van der Waals surface area contributed by atoms with Crippen LogP contribution in [0.3, 0.4) is 0 Å². The minimum absolute atomic E-state index is 0.0906. The zero-order valence-electron chi connectivity index (χ0n) is 13.8. The van der Waals surface area contributed by atoms with Crippen LogP contribution in [0, 0.1) is 0 Å². The quantitative estimate of drug-likeness (QED) is 0.840. The minimum atomic E-state index is -3.21. The van der Waals surface area contributed by atoms with E-state index in [2.05, 4.69) is 10.3 Å². The number of rotatable bonds is 5. The second-order valence-corrected chi connectivity index (χ2v) is 8.02. The van der Waals surface area contributed by atoms with E-state index in [1.807, 2.05) is 30.1 Å². The molecule has 0 saturated heterocycles. The Kier molecular flexibility index (Phi) is 4.46. The van der Waals surface area contributed by atoms with Gasteiger partial charge in [0.2, 0.25) is 10.0 Å². The van der Waals surface area contributed by atoms with Gasteiger partial charge in [0.25, 0.3) is 5.91 Å². The van der Waals surface area contributed by atoms with Crippen molar-refractivity contribution < 1.29 is 13.2 Å². The van der Waals surface area contributed by atoms with E-state index >= 15 is 0 Å². The van der Waals surface area contributed by atoms with E-state index in [-0.39, 0.29) is 18.2 Å². The third-order valence-electron chi connectivity index (χ3n) is 4.18. The van der Waals surface area contributed by atoms with E-state index in [1.165, 1.54) is 4.31 Å². The number of aromatic nitrogens is 3. The van der Waals surface area contributed by atoms with E-state index in [0.29, 0.717) is 31.2 Å². The molecule has 1 amide bonds. The van der Waals surface area contributed by atoms with Crippen LogP contribution in [-0.2, 0) is 36.7 Å². The molecule has 0 atom stereocenters. The number of nitrogens with one attached hydrogen (secondary N) is 1. The first-order chi connectivity index (χ1) is 11.4. The number of hydrogen-bond donors (Lipinski definition) is 1. The predicted octanol–water partition coefficient (Wildman–Crippen LogP) is 0.317. The second kappa shape index (κ2) is 6.40. The lowest BCUT2D eigenvalue weighted by atomic mass is 10.4. The summed E-state index contributed by atoms with van der Waals surface area (Å²) in [5, 5.41) is 2.84. The summed E-state index contributed by atoms with van der Waals surface area (Å²) in [5.74, 6) is 0.637. The molecule has 0 aromatic carbocycles. The Labute approximate surface area is 141 Å². The number of fused-ring (bicyclic) bond motifs is 1. The van der Waals surface area contributed by atoms with Crippen LogP contribution >= 0.6 is 0 Å².